The molecule has 1 saturated heterocycles. The first-order chi connectivity index (χ1) is 10.2. The van der Waals surface area contributed by atoms with Crippen molar-refractivity contribution in [1.82, 2.24) is 4.90 Å². The lowest BCUT2D eigenvalue weighted by Gasteiger charge is -2.22. The highest BCUT2D eigenvalue weighted by molar-refractivity contribution is 6.30. The average Bonchev–Trinajstić information content (AvgIpc) is 2.77. The van der Waals surface area contributed by atoms with Crippen LogP contribution in [-0.4, -0.2) is 37.6 Å². The topological polar surface area (TPSA) is 50.9 Å². The van der Waals surface area contributed by atoms with Crippen molar-refractivity contribution < 1.29 is 4.74 Å². The molecule has 21 heavy (non-hydrogen) atoms. The highest BCUT2D eigenvalue weighted by atomic mass is 35.5. The van der Waals surface area contributed by atoms with Gasteiger partial charge in [-0.15, -0.1) is 0 Å². The molecule has 0 saturated carbocycles. The molecule has 0 bridgehead atoms. The summed E-state index contributed by atoms with van der Waals surface area (Å²) in [5.74, 6) is 0.626. The van der Waals surface area contributed by atoms with Gasteiger partial charge in [-0.05, 0) is 30.5 Å². The number of ether oxygens (including phenoxy) is 1. The molecule has 4 nitrogen and oxygen atoms in total. The van der Waals surface area contributed by atoms with Crippen LogP contribution < -0.4 is 5.73 Å². The zero-order valence-electron chi connectivity index (χ0n) is 12.6. The van der Waals surface area contributed by atoms with E-state index in [4.69, 9.17) is 22.1 Å². The highest BCUT2D eigenvalue weighted by Gasteiger charge is 2.13. The second kappa shape index (κ2) is 8.25. The lowest BCUT2D eigenvalue weighted by molar-refractivity contribution is 0.110. The Hall–Kier alpha value is -1.26. The Morgan fingerprint density at radius 2 is 2.05 bits per heavy atom. The van der Waals surface area contributed by atoms with Gasteiger partial charge in [0.25, 0.3) is 0 Å². The summed E-state index contributed by atoms with van der Waals surface area (Å²) in [4.78, 5) is 6.70. The summed E-state index contributed by atoms with van der Waals surface area (Å²) in [5, 5.41) is 0.707. The Morgan fingerprint density at radius 3 is 2.67 bits per heavy atom. The normalized spacial score (nSPS) is 18.4. The Labute approximate surface area is 131 Å². The second-order valence-electron chi connectivity index (χ2n) is 5.38. The zero-order chi connectivity index (χ0) is 15.1. The molecule has 0 aliphatic carbocycles. The molecule has 1 heterocycles. The van der Waals surface area contributed by atoms with Crippen LogP contribution in [0.2, 0.25) is 5.02 Å². The van der Waals surface area contributed by atoms with Crippen LogP contribution >= 0.6 is 11.6 Å². The molecular formula is C16H24ClN3O. The van der Waals surface area contributed by atoms with Crippen LogP contribution in [0.3, 0.4) is 0 Å². The molecule has 2 rings (SSSR count). The van der Waals surface area contributed by atoms with Gasteiger partial charge < -0.3 is 15.4 Å². The van der Waals surface area contributed by atoms with E-state index in [1.165, 1.54) is 25.7 Å². The van der Waals surface area contributed by atoms with Crippen molar-refractivity contribution in [3.05, 3.63) is 34.9 Å². The smallest absolute Gasteiger partial charge is 0.191 e. The van der Waals surface area contributed by atoms with E-state index < -0.39 is 0 Å². The maximum Gasteiger partial charge on any atom is 0.191 e. The van der Waals surface area contributed by atoms with E-state index in [1.54, 1.807) is 7.11 Å². The summed E-state index contributed by atoms with van der Waals surface area (Å²) < 4.78 is 5.51. The first-order valence-electron chi connectivity index (χ1n) is 7.54. The number of hydrogen-bond donors (Lipinski definition) is 1. The van der Waals surface area contributed by atoms with Gasteiger partial charge in [-0.25, -0.2) is 0 Å². The number of benzene rings is 1. The van der Waals surface area contributed by atoms with Crippen LogP contribution in [0, 0.1) is 0 Å². The molecular weight excluding hydrogens is 286 g/mol. The van der Waals surface area contributed by atoms with Crippen LogP contribution in [0.4, 0.5) is 0 Å². The molecule has 1 aromatic carbocycles. The van der Waals surface area contributed by atoms with Gasteiger partial charge in [-0.2, -0.15) is 0 Å². The van der Waals surface area contributed by atoms with E-state index in [2.05, 4.69) is 9.89 Å². The van der Waals surface area contributed by atoms with Crippen molar-refractivity contribution in [2.75, 3.05) is 26.7 Å². The van der Waals surface area contributed by atoms with Crippen molar-refractivity contribution >= 4 is 17.6 Å². The molecule has 1 unspecified atom stereocenters. The van der Waals surface area contributed by atoms with Crippen molar-refractivity contribution in [3.63, 3.8) is 0 Å². The van der Waals surface area contributed by atoms with Gasteiger partial charge in [0, 0.05) is 25.2 Å². The van der Waals surface area contributed by atoms with Gasteiger partial charge in [0.05, 0.1) is 6.54 Å². The van der Waals surface area contributed by atoms with Crippen LogP contribution in [0.25, 0.3) is 0 Å². The van der Waals surface area contributed by atoms with E-state index in [-0.39, 0.29) is 6.10 Å². The number of aliphatic imine (C=N–C) groups is 1. The summed E-state index contributed by atoms with van der Waals surface area (Å²) in [6.45, 7) is 2.52. The van der Waals surface area contributed by atoms with E-state index in [0.717, 1.165) is 18.7 Å². The molecule has 2 N–H and O–H groups in total. The molecule has 0 radical (unpaired) electrons. The quantitative estimate of drug-likeness (QED) is 0.686. The highest BCUT2D eigenvalue weighted by Crippen LogP contribution is 2.20. The molecule has 0 spiro atoms. The van der Waals surface area contributed by atoms with Crippen molar-refractivity contribution in [1.29, 1.82) is 0 Å². The monoisotopic (exact) mass is 309 g/mol. The first kappa shape index (κ1) is 16.1. The van der Waals surface area contributed by atoms with Gasteiger partial charge in [-0.3, -0.25) is 4.99 Å². The molecule has 0 amide bonds. The summed E-state index contributed by atoms with van der Waals surface area (Å²) in [5.41, 5.74) is 7.15. The number of nitrogens with two attached hydrogens (primary N) is 1. The first-order valence-corrected chi connectivity index (χ1v) is 7.91. The molecule has 0 aromatic heterocycles. The molecule has 1 fully saturated rings. The Bertz CT molecular complexity index is 470. The molecule has 5 heteroatoms. The van der Waals surface area contributed by atoms with Crippen molar-refractivity contribution in [3.8, 4) is 0 Å². The predicted molar refractivity (Wildman–Crippen MR) is 87.7 cm³/mol. The minimum absolute atomic E-state index is 0.116. The van der Waals surface area contributed by atoms with Crippen LogP contribution in [0.15, 0.2) is 29.3 Å². The molecule has 1 aliphatic heterocycles. The minimum Gasteiger partial charge on any atom is -0.375 e. The van der Waals surface area contributed by atoms with E-state index in [1.807, 2.05) is 24.3 Å². The third-order valence-electron chi connectivity index (χ3n) is 3.85. The summed E-state index contributed by atoms with van der Waals surface area (Å²) in [6.07, 6.45) is 4.84. The third-order valence-corrected chi connectivity index (χ3v) is 4.09. The zero-order valence-corrected chi connectivity index (χ0v) is 13.4. The maximum absolute atomic E-state index is 6.12. The molecule has 1 atom stereocenters. The minimum atomic E-state index is -0.116. The fourth-order valence-electron chi connectivity index (χ4n) is 2.60. The van der Waals surface area contributed by atoms with Gasteiger partial charge in [0.1, 0.15) is 6.10 Å². The number of hydrogen-bond acceptors (Lipinski definition) is 2. The summed E-state index contributed by atoms with van der Waals surface area (Å²) >= 11 is 6.02. The standard InChI is InChI=1S/C16H24ClN3O/c1-21-15(13-7-6-8-14(17)11-13)12-19-16(18)20-9-4-2-3-5-10-20/h6-8,11,15H,2-5,9-10,12H2,1H3,(H2,18,19). The largest absolute Gasteiger partial charge is 0.375 e. The van der Waals surface area contributed by atoms with Gasteiger partial charge >= 0.3 is 0 Å². The number of guanidine groups is 1. The number of methoxy groups -OCH3 is 1. The Balaban J connectivity index is 1.99. The summed E-state index contributed by atoms with van der Waals surface area (Å²) in [6, 6.07) is 7.68. The average molecular weight is 310 g/mol. The maximum atomic E-state index is 6.12. The van der Waals surface area contributed by atoms with Crippen LogP contribution in [-0.2, 0) is 4.74 Å². The van der Waals surface area contributed by atoms with E-state index in [0.29, 0.717) is 17.5 Å². The Morgan fingerprint density at radius 1 is 1.33 bits per heavy atom. The lowest BCUT2D eigenvalue weighted by Crippen LogP contribution is -2.38. The fourth-order valence-corrected chi connectivity index (χ4v) is 2.80. The fraction of sp³-hybridized carbons (Fsp3) is 0.562. The number of halogens is 1. The van der Waals surface area contributed by atoms with Crippen LogP contribution in [0.5, 0.6) is 0 Å². The van der Waals surface area contributed by atoms with E-state index in [9.17, 15) is 0 Å². The number of likely N-dealkylation sites (tertiary alicyclic amines) is 1. The number of rotatable bonds is 4. The number of nitrogens with zero attached hydrogens (tertiary/aromatic N) is 2. The molecule has 1 aromatic rings. The van der Waals surface area contributed by atoms with Crippen molar-refractivity contribution in [2.24, 2.45) is 10.7 Å². The Kier molecular flexibility index (Phi) is 6.33. The second-order valence-corrected chi connectivity index (χ2v) is 5.82. The predicted octanol–water partition coefficient (Wildman–Crippen LogP) is 3.22. The van der Waals surface area contributed by atoms with Gasteiger partial charge in [-0.1, -0.05) is 36.6 Å². The van der Waals surface area contributed by atoms with E-state index >= 15 is 0 Å². The lowest BCUT2D eigenvalue weighted by atomic mass is 10.1. The molecule has 1 aliphatic rings. The van der Waals surface area contributed by atoms with Crippen LogP contribution in [0.1, 0.15) is 37.4 Å². The SMILES string of the molecule is COC(CN=C(N)N1CCCCCC1)c1cccc(Cl)c1. The van der Waals surface area contributed by atoms with Gasteiger partial charge in [0.15, 0.2) is 5.96 Å². The summed E-state index contributed by atoms with van der Waals surface area (Å²) in [7, 11) is 1.68. The molecule has 116 valence electrons. The van der Waals surface area contributed by atoms with Gasteiger partial charge in [0.2, 0.25) is 0 Å². The third kappa shape index (κ3) is 4.90. The van der Waals surface area contributed by atoms with Crippen molar-refractivity contribution in [2.45, 2.75) is 31.8 Å².